The third kappa shape index (κ3) is 3.20. The summed E-state index contributed by atoms with van der Waals surface area (Å²) in [5, 5.41) is 11.5. The summed E-state index contributed by atoms with van der Waals surface area (Å²) in [6.07, 6.45) is 3.35. The monoisotopic (exact) mass is 376 g/mol. The molecule has 0 bridgehead atoms. The van der Waals surface area contributed by atoms with Crippen LogP contribution in [0.2, 0.25) is 0 Å². The molecule has 2 aromatic heterocycles. The van der Waals surface area contributed by atoms with Crippen molar-refractivity contribution in [2.24, 2.45) is 5.41 Å². The van der Waals surface area contributed by atoms with Crippen LogP contribution in [0.15, 0.2) is 65.7 Å². The van der Waals surface area contributed by atoms with E-state index in [2.05, 4.69) is 18.8 Å². The summed E-state index contributed by atoms with van der Waals surface area (Å²) < 4.78 is 1.66. The average Bonchev–Trinajstić information content (AvgIpc) is 2.69. The van der Waals surface area contributed by atoms with Crippen LogP contribution >= 0.6 is 0 Å². The maximum Gasteiger partial charge on any atom is 0.255 e. The summed E-state index contributed by atoms with van der Waals surface area (Å²) in [5.74, 6) is 0.479. The highest BCUT2D eigenvalue weighted by Crippen LogP contribution is 2.37. The van der Waals surface area contributed by atoms with E-state index in [1.165, 1.54) is 0 Å². The number of hydrogen-bond acceptors (Lipinski definition) is 5. The van der Waals surface area contributed by atoms with Gasteiger partial charge in [0.25, 0.3) is 5.56 Å². The molecule has 0 spiro atoms. The van der Waals surface area contributed by atoms with Gasteiger partial charge in [-0.05, 0) is 19.1 Å². The van der Waals surface area contributed by atoms with E-state index in [9.17, 15) is 9.90 Å². The first-order valence-electron chi connectivity index (χ1n) is 9.36. The molecule has 1 aliphatic heterocycles. The first kappa shape index (κ1) is 18.4. The molecule has 144 valence electrons. The van der Waals surface area contributed by atoms with Gasteiger partial charge in [0.05, 0.1) is 5.69 Å². The summed E-state index contributed by atoms with van der Waals surface area (Å²) in [6.45, 7) is 7.05. The van der Waals surface area contributed by atoms with E-state index in [-0.39, 0.29) is 11.0 Å². The van der Waals surface area contributed by atoms with Crippen molar-refractivity contribution in [2.45, 2.75) is 33.0 Å². The van der Waals surface area contributed by atoms with Gasteiger partial charge in [-0.2, -0.15) is 0 Å². The molecule has 1 unspecified atom stereocenters. The van der Waals surface area contributed by atoms with E-state index in [1.807, 2.05) is 47.4 Å². The van der Waals surface area contributed by atoms with E-state index in [4.69, 9.17) is 4.98 Å². The molecule has 6 nitrogen and oxygen atoms in total. The quantitative estimate of drug-likeness (QED) is 0.761. The molecule has 0 saturated heterocycles. The fraction of sp³-hybridized carbons (Fsp3) is 0.318. The lowest BCUT2D eigenvalue weighted by Gasteiger charge is -2.47. The zero-order valence-electron chi connectivity index (χ0n) is 16.3. The van der Waals surface area contributed by atoms with Crippen molar-refractivity contribution in [1.29, 1.82) is 0 Å². The van der Waals surface area contributed by atoms with Crippen LogP contribution in [0.1, 0.15) is 26.3 Å². The second-order valence-electron chi connectivity index (χ2n) is 8.24. The number of benzene rings is 1. The highest BCUT2D eigenvalue weighted by Gasteiger charge is 2.41. The van der Waals surface area contributed by atoms with E-state index in [0.29, 0.717) is 24.7 Å². The predicted octanol–water partition coefficient (Wildman–Crippen LogP) is 3.02. The highest BCUT2D eigenvalue weighted by molar-refractivity contribution is 5.60. The molecule has 1 aromatic carbocycles. The minimum atomic E-state index is -1.31. The number of anilines is 1. The van der Waals surface area contributed by atoms with Gasteiger partial charge in [0.15, 0.2) is 5.72 Å². The minimum absolute atomic E-state index is 0.126. The SMILES string of the molecule is CC1(C)CN(C(C)(O)c2ccccc2)c2nc(-c3ccncc3)cc(=O)n2C1. The Morgan fingerprint density at radius 3 is 2.43 bits per heavy atom. The van der Waals surface area contributed by atoms with Crippen LogP contribution in [0.25, 0.3) is 11.3 Å². The molecular formula is C22H24N4O2. The first-order chi connectivity index (χ1) is 13.3. The third-order valence-electron chi connectivity index (χ3n) is 5.22. The average molecular weight is 376 g/mol. The maximum absolute atomic E-state index is 13.0. The van der Waals surface area contributed by atoms with Crippen molar-refractivity contribution in [3.05, 3.63) is 76.8 Å². The normalized spacial score (nSPS) is 17.6. The number of fused-ring (bicyclic) bond motifs is 1. The predicted molar refractivity (Wildman–Crippen MR) is 109 cm³/mol. The van der Waals surface area contributed by atoms with Gasteiger partial charge in [0.2, 0.25) is 5.95 Å². The van der Waals surface area contributed by atoms with Crippen molar-refractivity contribution >= 4 is 5.95 Å². The van der Waals surface area contributed by atoms with Crippen molar-refractivity contribution in [3.8, 4) is 11.3 Å². The molecule has 3 aromatic rings. The van der Waals surface area contributed by atoms with Gasteiger partial charge >= 0.3 is 0 Å². The molecule has 6 heteroatoms. The molecule has 0 radical (unpaired) electrons. The standard InChI is InChI=1S/C22H24N4O2/c1-21(2)14-25-19(27)13-18(16-9-11-23-12-10-16)24-20(25)26(15-21)22(3,28)17-7-5-4-6-8-17/h4-13,28H,14-15H2,1-3H3. The number of pyridine rings is 1. The second kappa shape index (κ2) is 6.56. The van der Waals surface area contributed by atoms with Crippen LogP contribution in [0.4, 0.5) is 5.95 Å². The Labute approximate surface area is 164 Å². The molecular weight excluding hydrogens is 352 g/mol. The first-order valence-corrected chi connectivity index (χ1v) is 9.36. The maximum atomic E-state index is 13.0. The molecule has 1 aliphatic rings. The van der Waals surface area contributed by atoms with E-state index < -0.39 is 5.72 Å². The Morgan fingerprint density at radius 1 is 1.07 bits per heavy atom. The van der Waals surface area contributed by atoms with Crippen LogP contribution < -0.4 is 10.5 Å². The van der Waals surface area contributed by atoms with Gasteiger partial charge in [0.1, 0.15) is 0 Å². The van der Waals surface area contributed by atoms with Crippen molar-refractivity contribution < 1.29 is 5.11 Å². The summed E-state index contributed by atoms with van der Waals surface area (Å²) in [4.78, 5) is 23.6. The Hall–Kier alpha value is -2.99. The molecule has 28 heavy (non-hydrogen) atoms. The van der Waals surface area contributed by atoms with Crippen LogP contribution in [-0.2, 0) is 12.3 Å². The largest absolute Gasteiger partial charge is 0.367 e. The number of hydrogen-bond donors (Lipinski definition) is 1. The minimum Gasteiger partial charge on any atom is -0.367 e. The molecule has 4 rings (SSSR count). The Balaban J connectivity index is 1.91. The van der Waals surface area contributed by atoms with Crippen LogP contribution in [0, 0.1) is 5.41 Å². The summed E-state index contributed by atoms with van der Waals surface area (Å²) in [6, 6.07) is 14.7. The second-order valence-corrected chi connectivity index (χ2v) is 8.24. The number of aliphatic hydroxyl groups is 1. The van der Waals surface area contributed by atoms with Gasteiger partial charge in [-0.15, -0.1) is 0 Å². The summed E-state index contributed by atoms with van der Waals surface area (Å²) in [7, 11) is 0. The topological polar surface area (TPSA) is 71.2 Å². The summed E-state index contributed by atoms with van der Waals surface area (Å²) in [5.41, 5.74) is 0.514. The highest BCUT2D eigenvalue weighted by atomic mass is 16.3. The van der Waals surface area contributed by atoms with E-state index in [1.54, 1.807) is 30.0 Å². The van der Waals surface area contributed by atoms with Gasteiger partial charge in [-0.1, -0.05) is 44.2 Å². The number of aromatic nitrogens is 3. The third-order valence-corrected chi connectivity index (χ3v) is 5.22. The van der Waals surface area contributed by atoms with Crippen LogP contribution in [0.5, 0.6) is 0 Å². The van der Waals surface area contributed by atoms with Crippen molar-refractivity contribution in [2.75, 3.05) is 11.4 Å². The smallest absolute Gasteiger partial charge is 0.255 e. The molecule has 3 heterocycles. The van der Waals surface area contributed by atoms with Crippen LogP contribution in [-0.4, -0.2) is 26.2 Å². The fourth-order valence-electron chi connectivity index (χ4n) is 3.75. The Morgan fingerprint density at radius 2 is 1.75 bits per heavy atom. The molecule has 1 N–H and O–H groups in total. The zero-order chi connectivity index (χ0) is 19.9. The lowest BCUT2D eigenvalue weighted by molar-refractivity contribution is 0.0342. The van der Waals surface area contributed by atoms with Gasteiger partial charge in [-0.3, -0.25) is 14.3 Å². The lowest BCUT2D eigenvalue weighted by Crippen LogP contribution is -2.55. The van der Waals surface area contributed by atoms with E-state index >= 15 is 0 Å². The van der Waals surface area contributed by atoms with Crippen molar-refractivity contribution in [1.82, 2.24) is 14.5 Å². The van der Waals surface area contributed by atoms with Gasteiger partial charge < -0.3 is 10.0 Å². The lowest BCUT2D eigenvalue weighted by atomic mass is 9.89. The number of rotatable bonds is 3. The Bertz CT molecular complexity index is 1040. The fourth-order valence-corrected chi connectivity index (χ4v) is 3.75. The molecule has 0 amide bonds. The van der Waals surface area contributed by atoms with Gasteiger partial charge in [-0.25, -0.2) is 4.98 Å². The number of nitrogens with zero attached hydrogens (tertiary/aromatic N) is 4. The van der Waals surface area contributed by atoms with Crippen LogP contribution in [0.3, 0.4) is 0 Å². The molecule has 0 aliphatic carbocycles. The zero-order valence-corrected chi connectivity index (χ0v) is 16.3. The Kier molecular flexibility index (Phi) is 4.31. The van der Waals surface area contributed by atoms with E-state index in [0.717, 1.165) is 11.1 Å². The summed E-state index contributed by atoms with van der Waals surface area (Å²) >= 11 is 0. The van der Waals surface area contributed by atoms with Crippen molar-refractivity contribution in [3.63, 3.8) is 0 Å². The molecule has 1 atom stereocenters. The molecule has 0 fully saturated rings. The van der Waals surface area contributed by atoms with Gasteiger partial charge in [0, 0.05) is 48.1 Å². The molecule has 0 saturated carbocycles.